The van der Waals surface area contributed by atoms with E-state index in [-0.39, 0.29) is 16.6 Å². The Kier molecular flexibility index (Phi) is 3.36. The van der Waals surface area contributed by atoms with Crippen molar-refractivity contribution in [2.24, 2.45) is 0 Å². The number of hydrogen-bond acceptors (Lipinski definition) is 3. The minimum Gasteiger partial charge on any atom is -0.300 e. The molecule has 1 amide bonds. The smallest absolute Gasteiger partial charge is 0.299 e. The Morgan fingerprint density at radius 1 is 1.33 bits per heavy atom. The van der Waals surface area contributed by atoms with Crippen molar-refractivity contribution in [2.75, 3.05) is 4.90 Å². The molecule has 21 heavy (non-hydrogen) atoms. The first kappa shape index (κ1) is 13.9. The van der Waals surface area contributed by atoms with E-state index in [0.717, 1.165) is 5.56 Å². The molecular formula is C14H11BrFN3O2. The fourth-order valence-electron chi connectivity index (χ4n) is 2.29. The second-order valence-corrected chi connectivity index (χ2v) is 5.56. The first-order valence-electron chi connectivity index (χ1n) is 6.37. The number of hydrogen-bond donors (Lipinski definition) is 0. The zero-order valence-electron chi connectivity index (χ0n) is 11.1. The van der Waals surface area contributed by atoms with E-state index < -0.39 is 17.5 Å². The van der Waals surface area contributed by atoms with E-state index in [1.807, 2.05) is 6.92 Å². The molecule has 1 aromatic carbocycles. The van der Waals surface area contributed by atoms with Crippen molar-refractivity contribution in [3.63, 3.8) is 0 Å². The molecule has 5 nitrogen and oxygen atoms in total. The van der Waals surface area contributed by atoms with Crippen molar-refractivity contribution in [1.82, 2.24) is 9.78 Å². The highest BCUT2D eigenvalue weighted by molar-refractivity contribution is 9.10. The van der Waals surface area contributed by atoms with Gasteiger partial charge in [-0.3, -0.25) is 14.3 Å². The molecule has 1 aromatic heterocycles. The zero-order valence-corrected chi connectivity index (χ0v) is 12.7. The third-order valence-electron chi connectivity index (χ3n) is 3.36. The van der Waals surface area contributed by atoms with Crippen LogP contribution in [0.15, 0.2) is 29.0 Å². The van der Waals surface area contributed by atoms with Crippen molar-refractivity contribution in [3.8, 4) is 0 Å². The summed E-state index contributed by atoms with van der Waals surface area (Å²) in [4.78, 5) is 25.3. The average molecular weight is 352 g/mol. The Labute approximate surface area is 128 Å². The van der Waals surface area contributed by atoms with Gasteiger partial charge in [0.05, 0.1) is 28.5 Å². The highest BCUT2D eigenvalue weighted by atomic mass is 79.9. The fourth-order valence-corrected chi connectivity index (χ4v) is 2.63. The molecule has 0 bridgehead atoms. The highest BCUT2D eigenvalue weighted by Crippen LogP contribution is 2.34. The van der Waals surface area contributed by atoms with Gasteiger partial charge in [0.15, 0.2) is 0 Å². The molecule has 2 aromatic rings. The maximum atomic E-state index is 13.7. The maximum Gasteiger partial charge on any atom is 0.299 e. The van der Waals surface area contributed by atoms with Gasteiger partial charge in [-0.15, -0.1) is 0 Å². The van der Waals surface area contributed by atoms with Crippen LogP contribution in [0.2, 0.25) is 0 Å². The van der Waals surface area contributed by atoms with Crippen LogP contribution in [0.4, 0.5) is 10.1 Å². The van der Waals surface area contributed by atoms with Gasteiger partial charge in [0, 0.05) is 18.3 Å². The maximum absolute atomic E-state index is 13.7. The molecule has 2 heterocycles. The summed E-state index contributed by atoms with van der Waals surface area (Å²) in [5.41, 5.74) is 1.31. The molecule has 108 valence electrons. The molecule has 0 spiro atoms. The summed E-state index contributed by atoms with van der Waals surface area (Å²) in [7, 11) is 0. The molecule has 0 atom stereocenters. The number of Topliss-reactive ketones (excluding diaryl/α,β-unsaturated/α-hetero) is 1. The van der Waals surface area contributed by atoms with Gasteiger partial charge in [0.25, 0.3) is 11.7 Å². The van der Waals surface area contributed by atoms with Crippen LogP contribution in [0.1, 0.15) is 22.8 Å². The number of nitrogens with zero attached hydrogens (tertiary/aromatic N) is 3. The van der Waals surface area contributed by atoms with Crippen molar-refractivity contribution >= 4 is 33.3 Å². The van der Waals surface area contributed by atoms with Gasteiger partial charge in [-0.05, 0) is 35.0 Å². The van der Waals surface area contributed by atoms with E-state index in [0.29, 0.717) is 12.2 Å². The second kappa shape index (κ2) is 5.07. The van der Waals surface area contributed by atoms with Gasteiger partial charge in [-0.25, -0.2) is 4.39 Å². The van der Waals surface area contributed by atoms with E-state index in [2.05, 4.69) is 21.0 Å². The lowest BCUT2D eigenvalue weighted by atomic mass is 10.1. The topological polar surface area (TPSA) is 55.2 Å². The number of carbonyl (C=O) groups is 2. The number of amides is 1. The van der Waals surface area contributed by atoms with Gasteiger partial charge in [0.2, 0.25) is 0 Å². The molecule has 0 unspecified atom stereocenters. The molecule has 0 fully saturated rings. The molecule has 0 N–H and O–H groups in total. The number of aryl methyl sites for hydroxylation is 1. The molecule has 0 saturated carbocycles. The number of aromatic nitrogens is 2. The molecule has 1 aliphatic heterocycles. The van der Waals surface area contributed by atoms with E-state index in [4.69, 9.17) is 0 Å². The summed E-state index contributed by atoms with van der Waals surface area (Å²) < 4.78 is 15.6. The Bertz CT molecular complexity index is 757. The predicted octanol–water partition coefficient (Wildman–Crippen LogP) is 2.53. The first-order valence-corrected chi connectivity index (χ1v) is 7.17. The molecule has 7 heteroatoms. The summed E-state index contributed by atoms with van der Waals surface area (Å²) >= 11 is 3.03. The number of carbonyl (C=O) groups excluding carboxylic acids is 2. The predicted molar refractivity (Wildman–Crippen MR) is 77.5 cm³/mol. The van der Waals surface area contributed by atoms with Crippen molar-refractivity contribution in [1.29, 1.82) is 0 Å². The lowest BCUT2D eigenvalue weighted by Gasteiger charge is -2.15. The van der Waals surface area contributed by atoms with E-state index in [1.54, 1.807) is 17.1 Å². The van der Waals surface area contributed by atoms with Crippen molar-refractivity contribution in [3.05, 3.63) is 45.9 Å². The number of ketones is 1. The normalized spacial score (nSPS) is 14.0. The molecule has 0 radical (unpaired) electrons. The summed E-state index contributed by atoms with van der Waals surface area (Å²) in [6.07, 6.45) is 3.43. The number of rotatable bonds is 3. The van der Waals surface area contributed by atoms with Gasteiger partial charge in [-0.2, -0.15) is 5.10 Å². The van der Waals surface area contributed by atoms with E-state index in [9.17, 15) is 14.0 Å². The number of anilines is 1. The van der Waals surface area contributed by atoms with Gasteiger partial charge in [0.1, 0.15) is 5.82 Å². The van der Waals surface area contributed by atoms with Crippen LogP contribution in [-0.4, -0.2) is 21.5 Å². The molecule has 3 rings (SSSR count). The van der Waals surface area contributed by atoms with Gasteiger partial charge >= 0.3 is 0 Å². The average Bonchev–Trinajstić information content (AvgIpc) is 3.01. The fraction of sp³-hybridized carbons (Fsp3) is 0.214. The summed E-state index contributed by atoms with van der Waals surface area (Å²) in [6.45, 7) is 2.85. The Hall–Kier alpha value is -2.02. The quantitative estimate of drug-likeness (QED) is 0.798. The Morgan fingerprint density at radius 3 is 2.76 bits per heavy atom. The number of fused-ring (bicyclic) bond motifs is 1. The standard InChI is InChI=1S/C14H11BrFN3O2/c1-2-18-6-8(5-17-18)7-19-12-4-11(16)10(15)3-9(12)13(20)14(19)21/h3-6H,2,7H2,1H3. The van der Waals surface area contributed by atoms with E-state index in [1.165, 1.54) is 17.0 Å². The summed E-state index contributed by atoms with van der Waals surface area (Å²) in [6, 6.07) is 2.55. The minimum atomic E-state index is -0.647. The zero-order chi connectivity index (χ0) is 15.1. The third kappa shape index (κ3) is 2.27. The molecule has 1 aliphatic rings. The van der Waals surface area contributed by atoms with E-state index >= 15 is 0 Å². The first-order chi connectivity index (χ1) is 10.0. The van der Waals surface area contributed by atoms with Crippen molar-refractivity contribution in [2.45, 2.75) is 20.0 Å². The lowest BCUT2D eigenvalue weighted by Crippen LogP contribution is -2.29. The number of halogens is 2. The lowest BCUT2D eigenvalue weighted by molar-refractivity contribution is -0.114. The van der Waals surface area contributed by atoms with Crippen LogP contribution >= 0.6 is 15.9 Å². The summed E-state index contributed by atoms with van der Waals surface area (Å²) in [5, 5.41) is 4.12. The van der Waals surface area contributed by atoms with Crippen LogP contribution in [0.5, 0.6) is 0 Å². The van der Waals surface area contributed by atoms with Crippen LogP contribution < -0.4 is 4.90 Å². The van der Waals surface area contributed by atoms with Gasteiger partial charge in [-0.1, -0.05) is 0 Å². The third-order valence-corrected chi connectivity index (χ3v) is 3.97. The summed E-state index contributed by atoms with van der Waals surface area (Å²) in [5.74, 6) is -1.77. The highest BCUT2D eigenvalue weighted by Gasteiger charge is 2.36. The minimum absolute atomic E-state index is 0.169. The monoisotopic (exact) mass is 351 g/mol. The SMILES string of the molecule is CCn1cc(CN2C(=O)C(=O)c3cc(Br)c(F)cc32)cn1. The second-order valence-electron chi connectivity index (χ2n) is 4.71. The number of benzene rings is 1. The van der Waals surface area contributed by atoms with Crippen molar-refractivity contribution < 1.29 is 14.0 Å². The Balaban J connectivity index is 1.99. The largest absolute Gasteiger partial charge is 0.300 e. The van der Waals surface area contributed by atoms with Crippen LogP contribution in [0.3, 0.4) is 0 Å². The van der Waals surface area contributed by atoms with Crippen LogP contribution in [0.25, 0.3) is 0 Å². The van der Waals surface area contributed by atoms with Gasteiger partial charge < -0.3 is 4.90 Å². The Morgan fingerprint density at radius 2 is 2.10 bits per heavy atom. The molecular weight excluding hydrogens is 341 g/mol. The molecule has 0 saturated heterocycles. The molecule has 0 aliphatic carbocycles. The van der Waals surface area contributed by atoms with Crippen LogP contribution in [0, 0.1) is 5.82 Å². The van der Waals surface area contributed by atoms with Crippen LogP contribution in [-0.2, 0) is 17.9 Å².